The first-order valence-electron chi connectivity index (χ1n) is 5.50. The topological polar surface area (TPSA) is 96.7 Å². The maximum Gasteiger partial charge on any atom is 0.362 e. The maximum atomic E-state index is 13.8. The van der Waals surface area contributed by atoms with Crippen molar-refractivity contribution in [3.8, 4) is 0 Å². The summed E-state index contributed by atoms with van der Waals surface area (Å²) in [5, 5.41) is 18.3. The molecule has 0 radical (unpaired) electrons. The van der Waals surface area contributed by atoms with Crippen molar-refractivity contribution in [2.45, 2.75) is 24.4 Å². The van der Waals surface area contributed by atoms with Gasteiger partial charge in [0.25, 0.3) is 5.91 Å². The van der Waals surface area contributed by atoms with Gasteiger partial charge in [-0.05, 0) is 6.07 Å². The van der Waals surface area contributed by atoms with Crippen molar-refractivity contribution in [3.05, 3.63) is 30.1 Å². The van der Waals surface area contributed by atoms with Crippen LogP contribution in [0.25, 0.3) is 0 Å². The summed E-state index contributed by atoms with van der Waals surface area (Å²) in [5.74, 6) is -4.36. The van der Waals surface area contributed by atoms with E-state index in [1.807, 2.05) is 0 Å². The highest BCUT2D eigenvalue weighted by molar-refractivity contribution is 5.92. The van der Waals surface area contributed by atoms with E-state index in [-0.39, 0.29) is 5.56 Å². The Balaban J connectivity index is 2.36. The van der Waals surface area contributed by atoms with E-state index < -0.39 is 36.9 Å². The number of ether oxygens (including phenoxy) is 1. The van der Waals surface area contributed by atoms with Gasteiger partial charge in [-0.2, -0.15) is 13.3 Å². The summed E-state index contributed by atoms with van der Waals surface area (Å²) in [7, 11) is 0. The van der Waals surface area contributed by atoms with Crippen LogP contribution >= 0.6 is 0 Å². The van der Waals surface area contributed by atoms with Crippen molar-refractivity contribution in [1.82, 2.24) is 0 Å². The minimum atomic E-state index is -3.59. The number of hydrogen-bond donors (Lipinski definition) is 3. The third-order valence-corrected chi connectivity index (χ3v) is 2.94. The van der Waals surface area contributed by atoms with Gasteiger partial charge in [0.15, 0.2) is 18.5 Å². The Labute approximate surface area is 107 Å². The lowest BCUT2D eigenvalue weighted by atomic mass is 10.1. The Kier molecular flexibility index (Phi) is 3.48. The molecule has 6 nitrogen and oxygen atoms in total. The zero-order valence-electron chi connectivity index (χ0n) is 9.74. The molecule has 0 saturated carbocycles. The number of aliphatic hydroxyl groups is 2. The molecule has 3 atom stereocenters. The van der Waals surface area contributed by atoms with E-state index in [0.717, 1.165) is 10.8 Å². The third-order valence-electron chi connectivity index (χ3n) is 2.94. The fourth-order valence-electron chi connectivity index (χ4n) is 1.92. The average molecular weight is 275 g/mol. The van der Waals surface area contributed by atoms with Gasteiger partial charge in [-0.3, -0.25) is 4.79 Å². The fraction of sp³-hybridized carbons (Fsp3) is 0.455. The van der Waals surface area contributed by atoms with Crippen LogP contribution in [0.3, 0.4) is 0 Å². The number of amides is 1. The molecule has 0 aromatic carbocycles. The number of nitrogens with two attached hydrogens (primary N) is 1. The molecule has 0 bridgehead atoms. The second-order valence-electron chi connectivity index (χ2n) is 4.23. The first-order chi connectivity index (χ1) is 8.87. The molecular weight excluding hydrogens is 262 g/mol. The SMILES string of the molecule is NC(=O)c1ccc[n+]([C@@H]2O[C@H](CO)[C@H](O)C2(F)F)c1. The molecule has 0 spiro atoms. The standard InChI is InChI=1S/C11H12F2N2O4/c12-11(13)8(17)7(5-16)19-10(11)15-3-1-2-6(4-15)9(14)18/h1-4,7-8,10,16-17H,5H2,(H-,14,18)/p+1/t7-,8+,10-/m1/s1. The van der Waals surface area contributed by atoms with Gasteiger partial charge < -0.3 is 20.7 Å². The summed E-state index contributed by atoms with van der Waals surface area (Å²) in [4.78, 5) is 11.0. The molecule has 1 saturated heterocycles. The van der Waals surface area contributed by atoms with Crippen LogP contribution in [0.4, 0.5) is 8.78 Å². The predicted octanol–water partition coefficient (Wildman–Crippen LogP) is -1.04. The molecule has 1 aromatic heterocycles. The zero-order chi connectivity index (χ0) is 14.2. The second kappa shape index (κ2) is 4.80. The number of aromatic nitrogens is 1. The summed E-state index contributed by atoms with van der Waals surface area (Å²) in [6, 6.07) is 2.73. The molecule has 104 valence electrons. The molecule has 2 heterocycles. The van der Waals surface area contributed by atoms with Crippen molar-refractivity contribution >= 4 is 5.91 Å². The molecule has 4 N–H and O–H groups in total. The van der Waals surface area contributed by atoms with Gasteiger partial charge in [-0.1, -0.05) is 0 Å². The van der Waals surface area contributed by atoms with Crippen molar-refractivity contribution in [3.63, 3.8) is 0 Å². The average Bonchev–Trinajstić information content (AvgIpc) is 2.61. The summed E-state index contributed by atoms with van der Waals surface area (Å²) < 4.78 is 33.5. The molecule has 8 heteroatoms. The minimum Gasteiger partial charge on any atom is -0.394 e. The van der Waals surface area contributed by atoms with Crippen LogP contribution in [0.2, 0.25) is 0 Å². The van der Waals surface area contributed by atoms with Gasteiger partial charge >= 0.3 is 12.2 Å². The molecule has 2 rings (SSSR count). The van der Waals surface area contributed by atoms with E-state index in [9.17, 15) is 18.7 Å². The number of halogens is 2. The van der Waals surface area contributed by atoms with Crippen LogP contribution in [-0.4, -0.2) is 40.9 Å². The molecule has 1 aliphatic heterocycles. The van der Waals surface area contributed by atoms with Gasteiger partial charge in [0.1, 0.15) is 11.7 Å². The van der Waals surface area contributed by atoms with E-state index in [4.69, 9.17) is 15.6 Å². The monoisotopic (exact) mass is 275 g/mol. The smallest absolute Gasteiger partial charge is 0.362 e. The fourth-order valence-corrected chi connectivity index (χ4v) is 1.92. The Morgan fingerprint density at radius 3 is 2.79 bits per heavy atom. The van der Waals surface area contributed by atoms with Crippen molar-refractivity contribution in [2.75, 3.05) is 6.61 Å². The van der Waals surface area contributed by atoms with Crippen LogP contribution in [0, 0.1) is 0 Å². The van der Waals surface area contributed by atoms with Gasteiger partial charge in [0, 0.05) is 6.07 Å². The summed E-state index contributed by atoms with van der Waals surface area (Å²) in [6.45, 7) is -0.733. The highest BCUT2D eigenvalue weighted by Crippen LogP contribution is 2.39. The summed E-state index contributed by atoms with van der Waals surface area (Å²) in [5.41, 5.74) is 5.09. The van der Waals surface area contributed by atoms with Crippen LogP contribution in [0.5, 0.6) is 0 Å². The van der Waals surface area contributed by atoms with E-state index in [0.29, 0.717) is 0 Å². The van der Waals surface area contributed by atoms with Crippen LogP contribution in [0.15, 0.2) is 24.5 Å². The van der Waals surface area contributed by atoms with Crippen molar-refractivity contribution in [1.29, 1.82) is 0 Å². The van der Waals surface area contributed by atoms with E-state index >= 15 is 0 Å². The van der Waals surface area contributed by atoms with E-state index in [1.165, 1.54) is 18.3 Å². The number of pyridine rings is 1. The second-order valence-corrected chi connectivity index (χ2v) is 4.23. The number of primary amides is 1. The van der Waals surface area contributed by atoms with Gasteiger partial charge in [0.2, 0.25) is 0 Å². The normalized spacial score (nSPS) is 29.4. The van der Waals surface area contributed by atoms with Crippen molar-refractivity contribution < 1.29 is 33.1 Å². The molecular formula is C11H13F2N2O4+. The molecule has 1 aromatic rings. The first-order valence-corrected chi connectivity index (χ1v) is 5.50. The molecule has 1 fully saturated rings. The van der Waals surface area contributed by atoms with Crippen molar-refractivity contribution in [2.24, 2.45) is 5.73 Å². The lowest BCUT2D eigenvalue weighted by Gasteiger charge is -2.15. The predicted molar refractivity (Wildman–Crippen MR) is 57.1 cm³/mol. The molecule has 1 amide bonds. The van der Waals surface area contributed by atoms with Gasteiger partial charge in [-0.25, -0.2) is 0 Å². The highest BCUT2D eigenvalue weighted by atomic mass is 19.3. The molecule has 0 unspecified atom stereocenters. The summed E-state index contributed by atoms with van der Waals surface area (Å²) >= 11 is 0. The van der Waals surface area contributed by atoms with E-state index in [2.05, 4.69) is 0 Å². The van der Waals surface area contributed by atoms with Gasteiger partial charge in [-0.15, -0.1) is 0 Å². The lowest BCUT2D eigenvalue weighted by molar-refractivity contribution is -0.775. The lowest BCUT2D eigenvalue weighted by Crippen LogP contribution is -2.50. The largest absolute Gasteiger partial charge is 0.394 e. The number of rotatable bonds is 3. The minimum absolute atomic E-state index is 0.0313. The number of alkyl halides is 2. The van der Waals surface area contributed by atoms with Crippen LogP contribution < -0.4 is 10.3 Å². The molecule has 0 aliphatic carbocycles. The number of carbonyl (C=O) groups excluding carboxylic acids is 1. The van der Waals surface area contributed by atoms with E-state index in [1.54, 1.807) is 0 Å². The molecule has 19 heavy (non-hydrogen) atoms. The Morgan fingerprint density at radius 1 is 1.58 bits per heavy atom. The third kappa shape index (κ3) is 2.29. The van der Waals surface area contributed by atoms with Gasteiger partial charge in [0.05, 0.1) is 6.61 Å². The van der Waals surface area contributed by atoms with Crippen LogP contribution in [-0.2, 0) is 4.74 Å². The number of hydrogen-bond acceptors (Lipinski definition) is 4. The Morgan fingerprint density at radius 2 is 2.26 bits per heavy atom. The zero-order valence-corrected chi connectivity index (χ0v) is 9.74. The van der Waals surface area contributed by atoms with Crippen LogP contribution in [0.1, 0.15) is 16.6 Å². The highest BCUT2D eigenvalue weighted by Gasteiger charge is 2.63. The number of carbonyl (C=O) groups is 1. The maximum absolute atomic E-state index is 13.8. The number of aliphatic hydroxyl groups excluding tert-OH is 2. The molecule has 1 aliphatic rings. The Bertz CT molecular complexity index is 497. The Hall–Kier alpha value is -1.64. The number of nitrogens with zero attached hydrogens (tertiary/aromatic N) is 1. The quantitative estimate of drug-likeness (QED) is 0.614. The first kappa shape index (κ1) is 13.8. The summed E-state index contributed by atoms with van der Waals surface area (Å²) in [6.07, 6.45) is -2.94.